The second-order valence-electron chi connectivity index (χ2n) is 5.55. The van der Waals surface area contributed by atoms with Crippen LogP contribution in [0, 0.1) is 6.92 Å². The maximum atomic E-state index is 2.25. The number of benzene rings is 3. The minimum Gasteiger partial charge on any atom is -0.0622 e. The maximum Gasteiger partial charge on any atom is -0.0184 e. The second-order valence-corrected chi connectivity index (χ2v) is 5.55. The van der Waals surface area contributed by atoms with Crippen molar-refractivity contribution in [1.29, 1.82) is 0 Å². The van der Waals surface area contributed by atoms with E-state index >= 15 is 0 Å². The van der Waals surface area contributed by atoms with Gasteiger partial charge in [-0.25, -0.2) is 0 Å². The van der Waals surface area contributed by atoms with E-state index in [9.17, 15) is 0 Å². The van der Waals surface area contributed by atoms with Gasteiger partial charge in [0.15, 0.2) is 0 Å². The van der Waals surface area contributed by atoms with Gasteiger partial charge in [0, 0.05) is 0 Å². The molecule has 0 saturated carbocycles. The monoisotopic (exact) mass is 272 g/mol. The smallest absolute Gasteiger partial charge is 0.0184 e. The van der Waals surface area contributed by atoms with Crippen LogP contribution in [0.4, 0.5) is 0 Å². The summed E-state index contributed by atoms with van der Waals surface area (Å²) in [4.78, 5) is 0. The van der Waals surface area contributed by atoms with Crippen LogP contribution in [-0.4, -0.2) is 0 Å². The minimum atomic E-state index is 1.10. The van der Waals surface area contributed by atoms with E-state index in [-0.39, 0.29) is 0 Å². The first-order chi connectivity index (χ1) is 10.3. The molecule has 0 aliphatic rings. The van der Waals surface area contributed by atoms with Crippen molar-refractivity contribution in [3.8, 4) is 11.1 Å². The van der Waals surface area contributed by atoms with Crippen LogP contribution in [0.3, 0.4) is 0 Å². The topological polar surface area (TPSA) is 0 Å². The van der Waals surface area contributed by atoms with Gasteiger partial charge >= 0.3 is 0 Å². The number of hydrogen-bond donors (Lipinski definition) is 0. The zero-order valence-electron chi connectivity index (χ0n) is 12.4. The third-order valence-corrected chi connectivity index (χ3v) is 3.88. The average molecular weight is 272 g/mol. The summed E-state index contributed by atoms with van der Waals surface area (Å²) in [7, 11) is 0. The van der Waals surface area contributed by atoms with E-state index in [4.69, 9.17) is 0 Å². The van der Waals surface area contributed by atoms with Gasteiger partial charge in [0.05, 0.1) is 0 Å². The molecule has 0 bridgehead atoms. The molecular weight excluding hydrogens is 252 g/mol. The van der Waals surface area contributed by atoms with Crippen molar-refractivity contribution in [3.63, 3.8) is 0 Å². The van der Waals surface area contributed by atoms with Crippen molar-refractivity contribution in [2.45, 2.75) is 19.8 Å². The fraction of sp³-hybridized carbons (Fsp3) is 0.143. The highest BCUT2D eigenvalue weighted by Gasteiger charge is 1.99. The lowest BCUT2D eigenvalue weighted by atomic mass is 10.00. The molecule has 3 aromatic rings. The molecule has 0 aliphatic heterocycles. The Morgan fingerprint density at radius 3 is 1.57 bits per heavy atom. The molecule has 21 heavy (non-hydrogen) atoms. The predicted molar refractivity (Wildman–Crippen MR) is 90.5 cm³/mol. The highest BCUT2D eigenvalue weighted by atomic mass is 14.0. The van der Waals surface area contributed by atoms with Crippen LogP contribution in [0.15, 0.2) is 78.9 Å². The summed E-state index contributed by atoms with van der Waals surface area (Å²) in [6.07, 6.45) is 2.20. The van der Waals surface area contributed by atoms with Gasteiger partial charge in [0.1, 0.15) is 0 Å². The van der Waals surface area contributed by atoms with Gasteiger partial charge in [-0.05, 0) is 42.0 Å². The van der Waals surface area contributed by atoms with E-state index in [1.165, 1.54) is 27.8 Å². The van der Waals surface area contributed by atoms with Gasteiger partial charge in [-0.15, -0.1) is 0 Å². The first-order valence-electron chi connectivity index (χ1n) is 7.51. The molecule has 0 fully saturated rings. The molecule has 0 heterocycles. The van der Waals surface area contributed by atoms with E-state index in [2.05, 4.69) is 85.8 Å². The number of hydrogen-bond acceptors (Lipinski definition) is 0. The molecule has 3 rings (SSSR count). The van der Waals surface area contributed by atoms with Crippen molar-refractivity contribution in [1.82, 2.24) is 0 Å². The summed E-state index contributed by atoms with van der Waals surface area (Å²) in [5.74, 6) is 0. The lowest BCUT2D eigenvalue weighted by molar-refractivity contribution is 0.959. The molecule has 0 nitrogen and oxygen atoms in total. The number of aryl methyl sites for hydroxylation is 3. The summed E-state index contributed by atoms with van der Waals surface area (Å²) in [6, 6.07) is 28.3. The van der Waals surface area contributed by atoms with Crippen LogP contribution in [-0.2, 0) is 12.8 Å². The first kappa shape index (κ1) is 13.6. The molecule has 0 saturated heterocycles. The van der Waals surface area contributed by atoms with Crippen molar-refractivity contribution in [2.24, 2.45) is 0 Å². The Labute approximate surface area is 127 Å². The predicted octanol–water partition coefficient (Wildman–Crippen LogP) is 5.45. The van der Waals surface area contributed by atoms with E-state index in [0.29, 0.717) is 0 Å². The third kappa shape index (κ3) is 3.61. The largest absolute Gasteiger partial charge is 0.0622 e. The first-order valence-corrected chi connectivity index (χ1v) is 7.51. The maximum absolute atomic E-state index is 2.25. The summed E-state index contributed by atoms with van der Waals surface area (Å²) >= 11 is 0. The molecule has 3 aromatic carbocycles. The van der Waals surface area contributed by atoms with Crippen molar-refractivity contribution >= 4 is 0 Å². The summed E-state index contributed by atoms with van der Waals surface area (Å²) in [5, 5.41) is 0. The molecular formula is C21H20. The van der Waals surface area contributed by atoms with Gasteiger partial charge in [0.2, 0.25) is 0 Å². The molecule has 0 atom stereocenters. The van der Waals surface area contributed by atoms with E-state index in [1.807, 2.05) is 0 Å². The lowest BCUT2D eigenvalue weighted by Crippen LogP contribution is -1.91. The molecule has 0 unspecified atom stereocenters. The van der Waals surface area contributed by atoms with Gasteiger partial charge in [0.25, 0.3) is 0 Å². The molecule has 0 N–H and O–H groups in total. The highest BCUT2D eigenvalue weighted by Crippen LogP contribution is 2.19. The Morgan fingerprint density at radius 1 is 0.524 bits per heavy atom. The van der Waals surface area contributed by atoms with Crippen molar-refractivity contribution < 1.29 is 0 Å². The molecule has 0 aliphatic carbocycles. The normalized spacial score (nSPS) is 10.5. The van der Waals surface area contributed by atoms with Crippen LogP contribution in [0.25, 0.3) is 11.1 Å². The van der Waals surface area contributed by atoms with Crippen LogP contribution < -0.4 is 0 Å². The van der Waals surface area contributed by atoms with Crippen molar-refractivity contribution in [2.75, 3.05) is 0 Å². The molecule has 104 valence electrons. The Balaban J connectivity index is 1.66. The summed E-state index contributed by atoms with van der Waals surface area (Å²) < 4.78 is 0. The van der Waals surface area contributed by atoms with Gasteiger partial charge < -0.3 is 0 Å². The van der Waals surface area contributed by atoms with Crippen molar-refractivity contribution in [3.05, 3.63) is 95.6 Å². The second kappa shape index (κ2) is 6.41. The zero-order valence-corrected chi connectivity index (χ0v) is 12.4. The van der Waals surface area contributed by atoms with Gasteiger partial charge in [-0.2, -0.15) is 0 Å². The molecule has 0 radical (unpaired) electrons. The highest BCUT2D eigenvalue weighted by molar-refractivity contribution is 5.63. The molecule has 0 heteroatoms. The van der Waals surface area contributed by atoms with Gasteiger partial charge in [-0.3, -0.25) is 0 Å². The van der Waals surface area contributed by atoms with Crippen LogP contribution in [0.2, 0.25) is 0 Å². The third-order valence-electron chi connectivity index (χ3n) is 3.88. The Morgan fingerprint density at radius 2 is 1.00 bits per heavy atom. The van der Waals surface area contributed by atoms with Crippen LogP contribution >= 0.6 is 0 Å². The van der Waals surface area contributed by atoms with E-state index < -0.39 is 0 Å². The Kier molecular flexibility index (Phi) is 4.16. The summed E-state index contributed by atoms with van der Waals surface area (Å²) in [5.41, 5.74) is 6.70. The summed E-state index contributed by atoms with van der Waals surface area (Å²) in [6.45, 7) is 2.13. The molecule has 0 amide bonds. The van der Waals surface area contributed by atoms with Crippen LogP contribution in [0.5, 0.6) is 0 Å². The minimum absolute atomic E-state index is 1.10. The average Bonchev–Trinajstić information content (AvgIpc) is 2.56. The van der Waals surface area contributed by atoms with E-state index in [0.717, 1.165) is 12.8 Å². The number of rotatable bonds is 4. The zero-order chi connectivity index (χ0) is 14.5. The Hall–Kier alpha value is -2.34. The molecule has 0 aromatic heterocycles. The standard InChI is InChI=1S/C21H20/c1-17-7-9-18(10-8-17)11-12-19-13-15-21(16-14-19)20-5-3-2-4-6-20/h2-10,13-16H,11-12H2,1H3. The lowest BCUT2D eigenvalue weighted by Gasteiger charge is -2.05. The SMILES string of the molecule is Cc1ccc(CCc2ccc(-c3ccccc3)cc2)cc1. The quantitative estimate of drug-likeness (QED) is 0.592. The molecule has 0 spiro atoms. The fourth-order valence-electron chi connectivity index (χ4n) is 2.54. The van der Waals surface area contributed by atoms with E-state index in [1.54, 1.807) is 0 Å². The van der Waals surface area contributed by atoms with Crippen LogP contribution in [0.1, 0.15) is 16.7 Å². The Bertz CT molecular complexity index is 676. The van der Waals surface area contributed by atoms with Gasteiger partial charge in [-0.1, -0.05) is 84.4 Å². The fourth-order valence-corrected chi connectivity index (χ4v) is 2.54.